The maximum atomic E-state index is 8.76. The van der Waals surface area contributed by atoms with Crippen molar-refractivity contribution in [3.8, 4) is 0 Å². The van der Waals surface area contributed by atoms with Crippen LogP contribution in [0.15, 0.2) is 6.20 Å². The molecule has 1 N–H and O–H groups in total. The molecule has 4 heteroatoms. The summed E-state index contributed by atoms with van der Waals surface area (Å²) in [4.78, 5) is 0. The molecule has 0 fully saturated rings. The molecule has 1 aromatic heterocycles. The van der Waals surface area contributed by atoms with Gasteiger partial charge in [0.15, 0.2) is 0 Å². The van der Waals surface area contributed by atoms with Gasteiger partial charge in [0.05, 0.1) is 25.5 Å². The van der Waals surface area contributed by atoms with Crippen molar-refractivity contribution in [3.05, 3.63) is 17.5 Å². The van der Waals surface area contributed by atoms with Crippen LogP contribution >= 0.6 is 0 Å². The van der Waals surface area contributed by atoms with Crippen molar-refractivity contribution in [1.29, 1.82) is 0 Å². The topological polar surface area (TPSA) is 47.3 Å². The first kappa shape index (κ1) is 10.2. The molecule has 0 aromatic carbocycles. The molecule has 74 valence electrons. The third-order valence-electron chi connectivity index (χ3n) is 2.24. The van der Waals surface area contributed by atoms with Gasteiger partial charge < -0.3 is 9.84 Å². The lowest BCUT2D eigenvalue weighted by molar-refractivity contribution is 0.119. The standard InChI is InChI=1S/C9H16N2O2/c1-7-9(8(2)13-3)6-10-11(7)4-5-12/h6,8,12H,4-5H2,1-3H3/t8-/m1/s1. The molecule has 0 aliphatic carbocycles. The molecule has 0 aliphatic heterocycles. The molecular weight excluding hydrogens is 168 g/mol. The van der Waals surface area contributed by atoms with E-state index in [1.54, 1.807) is 18.0 Å². The van der Waals surface area contributed by atoms with Gasteiger partial charge in [0.1, 0.15) is 0 Å². The second-order valence-corrected chi connectivity index (χ2v) is 3.01. The van der Waals surface area contributed by atoms with Crippen molar-refractivity contribution in [2.45, 2.75) is 26.5 Å². The minimum Gasteiger partial charge on any atom is -0.394 e. The van der Waals surface area contributed by atoms with E-state index in [-0.39, 0.29) is 12.7 Å². The first-order valence-electron chi connectivity index (χ1n) is 4.36. The molecule has 1 atom stereocenters. The van der Waals surface area contributed by atoms with Crippen molar-refractivity contribution >= 4 is 0 Å². The van der Waals surface area contributed by atoms with E-state index < -0.39 is 0 Å². The van der Waals surface area contributed by atoms with Crippen LogP contribution in [0.3, 0.4) is 0 Å². The van der Waals surface area contributed by atoms with Gasteiger partial charge in [-0.15, -0.1) is 0 Å². The molecule has 0 amide bonds. The molecule has 0 saturated carbocycles. The molecule has 0 aliphatic rings. The molecule has 13 heavy (non-hydrogen) atoms. The summed E-state index contributed by atoms with van der Waals surface area (Å²) in [6.45, 7) is 4.62. The second kappa shape index (κ2) is 4.39. The molecule has 1 rings (SSSR count). The predicted octanol–water partition coefficient (Wildman–Crippen LogP) is 0.891. The number of ether oxygens (including phenoxy) is 1. The SMILES string of the molecule is CO[C@H](C)c1cnn(CCO)c1C. The Bertz CT molecular complexity index is 271. The number of rotatable bonds is 4. The Morgan fingerprint density at radius 3 is 2.92 bits per heavy atom. The van der Waals surface area contributed by atoms with Crippen LogP contribution in [0.25, 0.3) is 0 Å². The third-order valence-corrected chi connectivity index (χ3v) is 2.24. The summed E-state index contributed by atoms with van der Waals surface area (Å²) >= 11 is 0. The normalized spacial score (nSPS) is 13.2. The van der Waals surface area contributed by atoms with Crippen LogP contribution < -0.4 is 0 Å². The van der Waals surface area contributed by atoms with Gasteiger partial charge in [-0.05, 0) is 13.8 Å². The van der Waals surface area contributed by atoms with Crippen LogP contribution in [0.2, 0.25) is 0 Å². The Morgan fingerprint density at radius 1 is 1.69 bits per heavy atom. The summed E-state index contributed by atoms with van der Waals surface area (Å²) in [5, 5.41) is 12.9. The highest BCUT2D eigenvalue weighted by Crippen LogP contribution is 2.18. The average molecular weight is 184 g/mol. The summed E-state index contributed by atoms with van der Waals surface area (Å²) in [5.41, 5.74) is 2.14. The molecule has 1 aromatic rings. The maximum Gasteiger partial charge on any atom is 0.0826 e. The largest absolute Gasteiger partial charge is 0.394 e. The van der Waals surface area contributed by atoms with E-state index in [1.165, 1.54) is 0 Å². The number of aliphatic hydroxyl groups excluding tert-OH is 1. The number of methoxy groups -OCH3 is 1. The Kier molecular flexibility index (Phi) is 3.45. The first-order chi connectivity index (χ1) is 6.20. The van der Waals surface area contributed by atoms with Crippen molar-refractivity contribution in [2.75, 3.05) is 13.7 Å². The lowest BCUT2D eigenvalue weighted by Gasteiger charge is -2.08. The summed E-state index contributed by atoms with van der Waals surface area (Å²) in [6, 6.07) is 0. The van der Waals surface area contributed by atoms with Crippen molar-refractivity contribution in [3.63, 3.8) is 0 Å². The van der Waals surface area contributed by atoms with Gasteiger partial charge in [0.25, 0.3) is 0 Å². The van der Waals surface area contributed by atoms with Crippen LogP contribution in [-0.4, -0.2) is 28.6 Å². The fourth-order valence-electron chi connectivity index (χ4n) is 1.31. The van der Waals surface area contributed by atoms with Gasteiger partial charge in [-0.1, -0.05) is 0 Å². The molecule has 0 bridgehead atoms. The van der Waals surface area contributed by atoms with Gasteiger partial charge in [-0.2, -0.15) is 5.10 Å². The van der Waals surface area contributed by atoms with Crippen LogP contribution in [0.1, 0.15) is 24.3 Å². The molecular formula is C9H16N2O2. The number of aromatic nitrogens is 2. The molecule has 0 radical (unpaired) electrons. The van der Waals surface area contributed by atoms with E-state index in [2.05, 4.69) is 5.10 Å². The van der Waals surface area contributed by atoms with Crippen molar-refractivity contribution < 1.29 is 9.84 Å². The number of hydrogen-bond donors (Lipinski definition) is 1. The lowest BCUT2D eigenvalue weighted by atomic mass is 10.2. The quantitative estimate of drug-likeness (QED) is 0.756. The number of nitrogens with zero attached hydrogens (tertiary/aromatic N) is 2. The maximum absolute atomic E-state index is 8.76. The fraction of sp³-hybridized carbons (Fsp3) is 0.667. The number of aliphatic hydroxyl groups is 1. The smallest absolute Gasteiger partial charge is 0.0826 e. The monoisotopic (exact) mass is 184 g/mol. The van der Waals surface area contributed by atoms with Crippen molar-refractivity contribution in [2.24, 2.45) is 0 Å². The third kappa shape index (κ3) is 2.08. The lowest BCUT2D eigenvalue weighted by Crippen LogP contribution is -2.06. The second-order valence-electron chi connectivity index (χ2n) is 3.01. The van der Waals surface area contributed by atoms with E-state index in [0.717, 1.165) is 11.3 Å². The Hall–Kier alpha value is -0.870. The van der Waals surface area contributed by atoms with E-state index in [9.17, 15) is 0 Å². The van der Waals surface area contributed by atoms with Crippen molar-refractivity contribution in [1.82, 2.24) is 9.78 Å². The van der Waals surface area contributed by atoms with Crippen LogP contribution in [0.5, 0.6) is 0 Å². The van der Waals surface area contributed by atoms with E-state index in [1.807, 2.05) is 13.8 Å². The van der Waals surface area contributed by atoms with Gasteiger partial charge in [0, 0.05) is 18.4 Å². The minimum atomic E-state index is 0.0624. The van der Waals surface area contributed by atoms with Crippen LogP contribution in [0.4, 0.5) is 0 Å². The fourth-order valence-corrected chi connectivity index (χ4v) is 1.31. The number of hydrogen-bond acceptors (Lipinski definition) is 3. The zero-order chi connectivity index (χ0) is 9.84. The molecule has 0 unspecified atom stereocenters. The van der Waals surface area contributed by atoms with Gasteiger partial charge in [-0.3, -0.25) is 4.68 Å². The highest BCUT2D eigenvalue weighted by Gasteiger charge is 2.11. The van der Waals surface area contributed by atoms with E-state index in [0.29, 0.717) is 6.54 Å². The molecule has 0 saturated heterocycles. The van der Waals surface area contributed by atoms with Crippen LogP contribution in [0, 0.1) is 6.92 Å². The highest BCUT2D eigenvalue weighted by atomic mass is 16.5. The minimum absolute atomic E-state index is 0.0624. The Morgan fingerprint density at radius 2 is 2.38 bits per heavy atom. The Labute approximate surface area is 78.1 Å². The predicted molar refractivity (Wildman–Crippen MR) is 49.5 cm³/mol. The summed E-state index contributed by atoms with van der Waals surface area (Å²) < 4.78 is 6.98. The first-order valence-corrected chi connectivity index (χ1v) is 4.36. The molecule has 1 heterocycles. The molecule has 0 spiro atoms. The van der Waals surface area contributed by atoms with Crippen LogP contribution in [-0.2, 0) is 11.3 Å². The van der Waals surface area contributed by atoms with E-state index in [4.69, 9.17) is 9.84 Å². The Balaban J connectivity index is 2.85. The van der Waals surface area contributed by atoms with Gasteiger partial charge in [0.2, 0.25) is 0 Å². The van der Waals surface area contributed by atoms with Gasteiger partial charge in [-0.25, -0.2) is 0 Å². The highest BCUT2D eigenvalue weighted by molar-refractivity contribution is 5.18. The summed E-state index contributed by atoms with van der Waals surface area (Å²) in [5.74, 6) is 0. The summed E-state index contributed by atoms with van der Waals surface area (Å²) in [6.07, 6.45) is 1.85. The average Bonchev–Trinajstić information content (AvgIpc) is 2.48. The zero-order valence-corrected chi connectivity index (χ0v) is 8.32. The summed E-state index contributed by atoms with van der Waals surface area (Å²) in [7, 11) is 1.67. The zero-order valence-electron chi connectivity index (χ0n) is 8.32. The van der Waals surface area contributed by atoms with E-state index >= 15 is 0 Å². The molecule has 4 nitrogen and oxygen atoms in total. The van der Waals surface area contributed by atoms with Gasteiger partial charge >= 0.3 is 0 Å².